The summed E-state index contributed by atoms with van der Waals surface area (Å²) in [5.41, 5.74) is 0.736. The Kier molecular flexibility index (Phi) is 3.08. The summed E-state index contributed by atoms with van der Waals surface area (Å²) in [7, 11) is 0. The molecule has 0 aliphatic carbocycles. The van der Waals surface area contributed by atoms with Gasteiger partial charge < -0.3 is 9.88 Å². The molecule has 0 saturated heterocycles. The van der Waals surface area contributed by atoms with Crippen molar-refractivity contribution >= 4 is 35.3 Å². The van der Waals surface area contributed by atoms with Gasteiger partial charge in [0.2, 0.25) is 0 Å². The van der Waals surface area contributed by atoms with Crippen molar-refractivity contribution < 1.29 is 4.79 Å². The van der Waals surface area contributed by atoms with Crippen molar-refractivity contribution in [2.75, 3.05) is 0 Å². The van der Waals surface area contributed by atoms with Gasteiger partial charge in [0.1, 0.15) is 5.69 Å². The van der Waals surface area contributed by atoms with E-state index in [1.807, 2.05) is 23.8 Å². The van der Waals surface area contributed by atoms with Crippen molar-refractivity contribution in [3.8, 4) is 0 Å². The van der Waals surface area contributed by atoms with Crippen LogP contribution in [0.3, 0.4) is 0 Å². The number of hydrogen-bond acceptors (Lipinski definition) is 1. The topological polar surface area (TPSA) is 34.0 Å². The molecule has 2 rings (SSSR count). The Hall–Kier alpha value is -0.420. The van der Waals surface area contributed by atoms with Crippen LogP contribution in [0.5, 0.6) is 0 Å². The molecule has 1 aliphatic heterocycles. The zero-order chi connectivity index (χ0) is 8.72. The van der Waals surface area contributed by atoms with Gasteiger partial charge in [-0.3, -0.25) is 4.79 Å². The first-order valence-electron chi connectivity index (χ1n) is 3.83. The molecule has 1 amide bonds. The SMILES string of the molecule is C[C@H]1Cn2cc(Br)cc2C(=O)N1.S. The van der Waals surface area contributed by atoms with Crippen LogP contribution < -0.4 is 5.32 Å². The summed E-state index contributed by atoms with van der Waals surface area (Å²) < 4.78 is 2.93. The van der Waals surface area contributed by atoms with E-state index in [1.54, 1.807) is 0 Å². The number of amides is 1. The number of carbonyl (C=O) groups excluding carboxylic acids is 1. The minimum Gasteiger partial charge on any atom is -0.347 e. The van der Waals surface area contributed by atoms with Crippen molar-refractivity contribution in [1.82, 2.24) is 9.88 Å². The van der Waals surface area contributed by atoms with Crippen LogP contribution in [0.1, 0.15) is 17.4 Å². The van der Waals surface area contributed by atoms with Gasteiger partial charge >= 0.3 is 0 Å². The first-order chi connectivity index (χ1) is 5.66. The van der Waals surface area contributed by atoms with E-state index in [2.05, 4.69) is 21.2 Å². The number of aromatic nitrogens is 1. The van der Waals surface area contributed by atoms with Crippen LogP contribution in [-0.2, 0) is 6.54 Å². The highest BCUT2D eigenvalue weighted by Crippen LogP contribution is 2.17. The highest BCUT2D eigenvalue weighted by Gasteiger charge is 2.21. The molecule has 1 aromatic heterocycles. The number of halogens is 1. The largest absolute Gasteiger partial charge is 0.347 e. The van der Waals surface area contributed by atoms with Gasteiger partial charge in [-0.05, 0) is 28.9 Å². The van der Waals surface area contributed by atoms with Crippen molar-refractivity contribution in [3.05, 3.63) is 22.4 Å². The van der Waals surface area contributed by atoms with E-state index in [4.69, 9.17) is 0 Å². The van der Waals surface area contributed by atoms with Gasteiger partial charge in [0, 0.05) is 23.3 Å². The molecule has 13 heavy (non-hydrogen) atoms. The van der Waals surface area contributed by atoms with Crippen LogP contribution in [0.25, 0.3) is 0 Å². The maximum Gasteiger partial charge on any atom is 0.268 e. The monoisotopic (exact) mass is 262 g/mol. The first kappa shape index (κ1) is 10.7. The van der Waals surface area contributed by atoms with E-state index in [-0.39, 0.29) is 25.4 Å². The molecule has 1 aliphatic rings. The van der Waals surface area contributed by atoms with Crippen LogP contribution in [0, 0.1) is 0 Å². The Morgan fingerprint density at radius 2 is 2.38 bits per heavy atom. The molecule has 0 unspecified atom stereocenters. The first-order valence-corrected chi connectivity index (χ1v) is 4.62. The van der Waals surface area contributed by atoms with Gasteiger partial charge in [-0.1, -0.05) is 0 Å². The molecule has 0 spiro atoms. The molecular weight excluding hydrogens is 252 g/mol. The lowest BCUT2D eigenvalue weighted by Crippen LogP contribution is -2.41. The van der Waals surface area contributed by atoms with Crippen LogP contribution >= 0.6 is 29.4 Å². The van der Waals surface area contributed by atoms with Gasteiger partial charge in [-0.15, -0.1) is 0 Å². The third kappa shape index (κ3) is 1.91. The standard InChI is InChI=1S/C8H9BrN2O.H2S/c1-5-3-11-4-6(9)2-7(11)8(12)10-5;/h2,4-5H,3H2,1H3,(H,10,12);1H2/t5-;/m0./s1. The molecule has 0 bridgehead atoms. The predicted molar refractivity (Wildman–Crippen MR) is 59.4 cm³/mol. The number of rotatable bonds is 0. The smallest absolute Gasteiger partial charge is 0.268 e. The molecule has 1 N–H and O–H groups in total. The van der Waals surface area contributed by atoms with Crippen LogP contribution in [0.2, 0.25) is 0 Å². The van der Waals surface area contributed by atoms with Gasteiger partial charge in [-0.25, -0.2) is 0 Å². The predicted octanol–water partition coefficient (Wildman–Crippen LogP) is 1.50. The van der Waals surface area contributed by atoms with E-state index < -0.39 is 0 Å². The Morgan fingerprint density at radius 3 is 3.08 bits per heavy atom. The highest BCUT2D eigenvalue weighted by atomic mass is 79.9. The third-order valence-corrected chi connectivity index (χ3v) is 2.38. The number of hydrogen-bond donors (Lipinski definition) is 1. The van der Waals surface area contributed by atoms with Crippen LogP contribution in [0.15, 0.2) is 16.7 Å². The summed E-state index contributed by atoms with van der Waals surface area (Å²) in [6.07, 6.45) is 1.94. The van der Waals surface area contributed by atoms with E-state index in [9.17, 15) is 4.79 Å². The molecule has 1 atom stereocenters. The van der Waals surface area contributed by atoms with Crippen molar-refractivity contribution in [3.63, 3.8) is 0 Å². The Balaban J connectivity index is 0.000000845. The molecule has 72 valence electrons. The van der Waals surface area contributed by atoms with E-state index in [1.165, 1.54) is 0 Å². The molecule has 0 fully saturated rings. The van der Waals surface area contributed by atoms with Crippen molar-refractivity contribution in [2.45, 2.75) is 19.5 Å². The van der Waals surface area contributed by atoms with Gasteiger partial charge in [0.15, 0.2) is 0 Å². The maximum atomic E-state index is 11.4. The zero-order valence-electron chi connectivity index (χ0n) is 7.17. The van der Waals surface area contributed by atoms with Crippen molar-refractivity contribution in [1.29, 1.82) is 0 Å². The summed E-state index contributed by atoms with van der Waals surface area (Å²) in [5, 5.41) is 2.87. The Labute approximate surface area is 92.1 Å². The van der Waals surface area contributed by atoms with Gasteiger partial charge in [-0.2, -0.15) is 13.5 Å². The van der Waals surface area contributed by atoms with Crippen LogP contribution in [0.4, 0.5) is 0 Å². The number of nitrogens with one attached hydrogen (secondary N) is 1. The van der Waals surface area contributed by atoms with E-state index in [0.29, 0.717) is 0 Å². The second-order valence-electron chi connectivity index (χ2n) is 3.07. The summed E-state index contributed by atoms with van der Waals surface area (Å²) in [4.78, 5) is 11.4. The lowest BCUT2D eigenvalue weighted by atomic mass is 10.2. The molecule has 1 aromatic rings. The summed E-state index contributed by atoms with van der Waals surface area (Å²) >= 11 is 3.34. The van der Waals surface area contributed by atoms with Crippen LogP contribution in [-0.4, -0.2) is 16.5 Å². The van der Waals surface area contributed by atoms with Gasteiger partial charge in [0.05, 0.1) is 0 Å². The second kappa shape index (κ2) is 3.75. The lowest BCUT2D eigenvalue weighted by molar-refractivity contribution is 0.0906. The number of nitrogens with zero attached hydrogens (tertiary/aromatic N) is 1. The minimum atomic E-state index is 0. The molecule has 3 nitrogen and oxygen atoms in total. The lowest BCUT2D eigenvalue weighted by Gasteiger charge is -2.21. The average molecular weight is 263 g/mol. The molecule has 2 heterocycles. The van der Waals surface area contributed by atoms with E-state index >= 15 is 0 Å². The highest BCUT2D eigenvalue weighted by molar-refractivity contribution is 9.10. The summed E-state index contributed by atoms with van der Waals surface area (Å²) in [5.74, 6) is 0.0134. The fourth-order valence-corrected chi connectivity index (χ4v) is 1.92. The Morgan fingerprint density at radius 1 is 1.69 bits per heavy atom. The fraction of sp³-hybridized carbons (Fsp3) is 0.375. The second-order valence-corrected chi connectivity index (χ2v) is 3.99. The maximum absolute atomic E-state index is 11.4. The molecule has 0 saturated carbocycles. The molecular formula is C8H11BrN2OS. The molecule has 5 heteroatoms. The van der Waals surface area contributed by atoms with Crippen molar-refractivity contribution in [2.24, 2.45) is 0 Å². The summed E-state index contributed by atoms with van der Waals surface area (Å²) in [6, 6.07) is 2.06. The molecule has 0 radical (unpaired) electrons. The average Bonchev–Trinajstić information content (AvgIpc) is 2.29. The normalized spacial score (nSPS) is 20.2. The Bertz CT molecular complexity index is 337. The van der Waals surface area contributed by atoms with E-state index in [0.717, 1.165) is 16.7 Å². The zero-order valence-corrected chi connectivity index (χ0v) is 9.76. The summed E-state index contributed by atoms with van der Waals surface area (Å²) in [6.45, 7) is 2.85. The fourth-order valence-electron chi connectivity index (χ4n) is 1.45. The number of carbonyl (C=O) groups is 1. The quantitative estimate of drug-likeness (QED) is 0.756. The number of fused-ring (bicyclic) bond motifs is 1. The molecule has 0 aromatic carbocycles. The minimum absolute atomic E-state index is 0. The van der Waals surface area contributed by atoms with Gasteiger partial charge in [0.25, 0.3) is 5.91 Å². The third-order valence-electron chi connectivity index (χ3n) is 1.94.